The summed E-state index contributed by atoms with van der Waals surface area (Å²) >= 11 is 2.85. The van der Waals surface area contributed by atoms with Crippen LogP contribution in [0.5, 0.6) is 0 Å². The number of likely N-dealkylation sites (tertiary alicyclic amines) is 1. The number of carbonyl (C=O) groups excluding carboxylic acids is 2. The van der Waals surface area contributed by atoms with Crippen LogP contribution < -0.4 is 10.6 Å². The predicted octanol–water partition coefficient (Wildman–Crippen LogP) is 4.49. The molecule has 3 fully saturated rings. The van der Waals surface area contributed by atoms with Gasteiger partial charge in [-0.1, -0.05) is 12.2 Å². The van der Waals surface area contributed by atoms with Crippen molar-refractivity contribution in [3.05, 3.63) is 40.4 Å². The number of hydrogen-bond donors (Lipinski definition) is 2. The highest BCUT2D eigenvalue weighted by Gasteiger charge is 2.69. The highest BCUT2D eigenvalue weighted by molar-refractivity contribution is 9.10. The normalized spacial score (nSPS) is 29.1. The molecule has 178 valence electrons. The van der Waals surface area contributed by atoms with Gasteiger partial charge in [0.2, 0.25) is 11.8 Å². The Morgan fingerprint density at radius 3 is 2.21 bits per heavy atom. The summed E-state index contributed by atoms with van der Waals surface area (Å²) < 4.78 is 27.6. The Labute approximate surface area is 201 Å². The van der Waals surface area contributed by atoms with Gasteiger partial charge >= 0.3 is 0 Å². The number of anilines is 1. The molecule has 2 saturated carbocycles. The van der Waals surface area contributed by atoms with Crippen LogP contribution in [0.25, 0.3) is 0 Å². The summed E-state index contributed by atoms with van der Waals surface area (Å²) in [6, 6.07) is 2.19. The molecule has 2 bridgehead atoms. The van der Waals surface area contributed by atoms with Gasteiger partial charge in [-0.2, -0.15) is 0 Å². The molecule has 1 spiro atoms. The highest BCUT2D eigenvalue weighted by atomic mass is 79.9. The van der Waals surface area contributed by atoms with Gasteiger partial charge in [-0.15, -0.1) is 0 Å². The molecule has 5 rings (SSSR count). The van der Waals surface area contributed by atoms with Gasteiger partial charge in [-0.25, -0.2) is 8.78 Å². The van der Waals surface area contributed by atoms with E-state index in [2.05, 4.69) is 43.6 Å². The number of hydrogen-bond acceptors (Lipinski definition) is 3. The lowest BCUT2D eigenvalue weighted by Gasteiger charge is -2.26. The number of nitrogens with one attached hydrogen (secondary N) is 2. The number of halogens is 3. The van der Waals surface area contributed by atoms with Crippen molar-refractivity contribution in [2.75, 3.05) is 31.5 Å². The Hall–Kier alpha value is -1.80. The third-order valence-electron chi connectivity index (χ3n) is 8.10. The molecule has 4 atom stereocenters. The lowest BCUT2D eigenvalue weighted by Crippen LogP contribution is -2.42. The number of rotatable bonds is 8. The van der Waals surface area contributed by atoms with E-state index in [0.717, 1.165) is 44.4 Å². The molecule has 2 N–H and O–H groups in total. The van der Waals surface area contributed by atoms with Gasteiger partial charge in [-0.05, 0) is 103 Å². The minimum Gasteiger partial charge on any atom is -0.356 e. The maximum Gasteiger partial charge on any atom is 0.228 e. The van der Waals surface area contributed by atoms with Crippen LogP contribution in [-0.4, -0.2) is 42.9 Å². The standard InChI is InChI=1S/C25H30BrF2N3O2/c26-22-18(27)13-15(14-19(22)28)30-24(33)21-17-6-5-16(25(17)7-8-25)20(21)23(32)29-9-1-2-10-31-11-3-4-12-31/h5-6,13-14,16-17,20-21H,1-4,7-12H2,(H,29,32)(H,30,33)/t16-,17+,20-,21-/m1/s1. The Balaban J connectivity index is 1.23. The van der Waals surface area contributed by atoms with Crippen molar-refractivity contribution in [1.82, 2.24) is 10.2 Å². The van der Waals surface area contributed by atoms with Crippen LogP contribution in [0.3, 0.4) is 0 Å². The van der Waals surface area contributed by atoms with Gasteiger partial charge in [0.05, 0.1) is 16.3 Å². The second-order valence-electron chi connectivity index (χ2n) is 10.0. The largest absolute Gasteiger partial charge is 0.356 e. The Bertz CT molecular complexity index is 951. The Morgan fingerprint density at radius 2 is 1.61 bits per heavy atom. The fourth-order valence-corrected chi connectivity index (χ4v) is 6.59. The van der Waals surface area contributed by atoms with E-state index >= 15 is 0 Å². The quantitative estimate of drug-likeness (QED) is 0.301. The average Bonchev–Trinajstić information content (AvgIpc) is 3.14. The molecule has 8 heteroatoms. The summed E-state index contributed by atoms with van der Waals surface area (Å²) in [5.74, 6) is -2.88. The lowest BCUT2D eigenvalue weighted by molar-refractivity contribution is -0.132. The van der Waals surface area contributed by atoms with Crippen molar-refractivity contribution in [2.45, 2.75) is 38.5 Å². The van der Waals surface area contributed by atoms with Gasteiger partial charge in [0.15, 0.2) is 0 Å². The summed E-state index contributed by atoms with van der Waals surface area (Å²) in [7, 11) is 0. The van der Waals surface area contributed by atoms with Crippen LogP contribution in [0.2, 0.25) is 0 Å². The molecule has 33 heavy (non-hydrogen) atoms. The molecule has 1 heterocycles. The zero-order valence-electron chi connectivity index (χ0n) is 18.6. The monoisotopic (exact) mass is 521 g/mol. The maximum absolute atomic E-state index is 13.9. The van der Waals surface area contributed by atoms with Crippen LogP contribution >= 0.6 is 15.9 Å². The van der Waals surface area contributed by atoms with E-state index in [0.29, 0.717) is 6.54 Å². The van der Waals surface area contributed by atoms with Crippen molar-refractivity contribution in [3.8, 4) is 0 Å². The molecule has 1 saturated heterocycles. The lowest BCUT2D eigenvalue weighted by atomic mass is 9.81. The summed E-state index contributed by atoms with van der Waals surface area (Å²) in [6.45, 7) is 4.03. The fourth-order valence-electron chi connectivity index (χ4n) is 6.36. The van der Waals surface area contributed by atoms with Gasteiger partial charge in [0.25, 0.3) is 0 Å². The minimum absolute atomic E-state index is 0.00133. The number of nitrogens with zero attached hydrogens (tertiary/aromatic N) is 1. The van der Waals surface area contributed by atoms with Crippen LogP contribution in [0, 0.1) is 40.7 Å². The van der Waals surface area contributed by atoms with Gasteiger partial charge in [0.1, 0.15) is 11.6 Å². The molecule has 5 nitrogen and oxygen atoms in total. The Kier molecular flexibility index (Phi) is 6.33. The van der Waals surface area contributed by atoms with E-state index in [9.17, 15) is 18.4 Å². The van der Waals surface area contributed by atoms with Crippen LogP contribution in [0.1, 0.15) is 38.5 Å². The maximum atomic E-state index is 13.9. The van der Waals surface area contributed by atoms with Gasteiger partial charge < -0.3 is 15.5 Å². The summed E-state index contributed by atoms with van der Waals surface area (Å²) in [6.07, 6.45) is 10.7. The first-order chi connectivity index (χ1) is 15.9. The third kappa shape index (κ3) is 4.25. The van der Waals surface area contributed by atoms with Crippen molar-refractivity contribution >= 4 is 33.4 Å². The van der Waals surface area contributed by atoms with Crippen LogP contribution in [-0.2, 0) is 9.59 Å². The zero-order chi connectivity index (χ0) is 23.2. The highest BCUT2D eigenvalue weighted by Crippen LogP contribution is 2.72. The number of allylic oxidation sites excluding steroid dienone is 2. The van der Waals surface area contributed by atoms with Gasteiger partial charge in [-0.3, -0.25) is 9.59 Å². The van der Waals surface area contributed by atoms with Crippen LogP contribution in [0.4, 0.5) is 14.5 Å². The minimum atomic E-state index is -0.778. The fraction of sp³-hybridized carbons (Fsp3) is 0.600. The second-order valence-corrected chi connectivity index (χ2v) is 10.8. The van der Waals surface area contributed by atoms with Crippen molar-refractivity contribution < 1.29 is 18.4 Å². The smallest absolute Gasteiger partial charge is 0.228 e. The zero-order valence-corrected chi connectivity index (χ0v) is 20.2. The van der Waals surface area contributed by atoms with E-state index in [1.807, 2.05) is 0 Å². The Morgan fingerprint density at radius 1 is 1.00 bits per heavy atom. The summed E-state index contributed by atoms with van der Waals surface area (Å²) in [4.78, 5) is 29.0. The molecule has 1 aromatic carbocycles. The second kappa shape index (κ2) is 9.10. The number of carbonyl (C=O) groups is 2. The van der Waals surface area contributed by atoms with Crippen molar-refractivity contribution in [3.63, 3.8) is 0 Å². The van der Waals surface area contributed by atoms with E-state index in [4.69, 9.17) is 0 Å². The van der Waals surface area contributed by atoms with Gasteiger partial charge in [0, 0.05) is 12.2 Å². The molecule has 0 unspecified atom stereocenters. The van der Waals surface area contributed by atoms with E-state index in [-0.39, 0.29) is 39.2 Å². The van der Waals surface area contributed by atoms with Crippen LogP contribution in [0.15, 0.2) is 28.8 Å². The first-order valence-electron chi connectivity index (χ1n) is 12.0. The third-order valence-corrected chi connectivity index (χ3v) is 8.85. The molecule has 1 aromatic rings. The number of unbranched alkanes of at least 4 members (excludes halogenated alkanes) is 1. The molecular formula is C25H30BrF2N3O2. The predicted molar refractivity (Wildman–Crippen MR) is 125 cm³/mol. The van der Waals surface area contributed by atoms with E-state index in [1.54, 1.807) is 0 Å². The molecular weight excluding hydrogens is 492 g/mol. The van der Waals surface area contributed by atoms with E-state index in [1.165, 1.54) is 25.9 Å². The molecule has 0 aromatic heterocycles. The molecule has 0 radical (unpaired) electrons. The number of amides is 2. The van der Waals surface area contributed by atoms with Crippen molar-refractivity contribution in [2.24, 2.45) is 29.1 Å². The summed E-state index contributed by atoms with van der Waals surface area (Å²) in [5.41, 5.74) is 0.0755. The average molecular weight is 522 g/mol. The SMILES string of the molecule is O=C(NCCCCN1CCCC1)[C@H]1[C@H](C(=O)Nc2cc(F)c(Br)c(F)c2)[C@@H]2C=C[C@H]1C21CC1. The molecule has 1 aliphatic heterocycles. The molecule has 2 amide bonds. The molecule has 3 aliphatic carbocycles. The first-order valence-corrected chi connectivity index (χ1v) is 12.8. The van der Waals surface area contributed by atoms with Crippen molar-refractivity contribution in [1.29, 1.82) is 0 Å². The molecule has 4 aliphatic rings. The van der Waals surface area contributed by atoms with E-state index < -0.39 is 23.5 Å². The summed E-state index contributed by atoms with van der Waals surface area (Å²) in [5, 5.41) is 5.75. The first kappa shape index (κ1) is 23.0. The number of benzene rings is 1. The topological polar surface area (TPSA) is 61.4 Å².